The summed E-state index contributed by atoms with van der Waals surface area (Å²) in [5.41, 5.74) is 4.54. The van der Waals surface area contributed by atoms with Crippen molar-refractivity contribution in [1.29, 1.82) is 0 Å². The molecule has 152 valence electrons. The fourth-order valence-corrected chi connectivity index (χ4v) is 5.00. The van der Waals surface area contributed by atoms with Gasteiger partial charge in [-0.2, -0.15) is 0 Å². The van der Waals surface area contributed by atoms with Gasteiger partial charge in [0.1, 0.15) is 23.8 Å². The lowest BCUT2D eigenvalue weighted by Crippen LogP contribution is -2.31. The van der Waals surface area contributed by atoms with Gasteiger partial charge in [0, 0.05) is 43.1 Å². The molecule has 3 heterocycles. The van der Waals surface area contributed by atoms with Crippen molar-refractivity contribution in [2.75, 3.05) is 13.6 Å². The average Bonchev–Trinajstić information content (AvgIpc) is 3.25. The van der Waals surface area contributed by atoms with E-state index in [-0.39, 0.29) is 18.1 Å². The predicted octanol–water partition coefficient (Wildman–Crippen LogP) is 3.12. The molecule has 6 heteroatoms. The molecule has 2 aliphatic rings. The van der Waals surface area contributed by atoms with Gasteiger partial charge in [-0.3, -0.25) is 0 Å². The highest BCUT2D eigenvalue weighted by Gasteiger charge is 2.43. The second-order valence-electron chi connectivity index (χ2n) is 8.61. The van der Waals surface area contributed by atoms with Gasteiger partial charge in [0.15, 0.2) is 0 Å². The van der Waals surface area contributed by atoms with E-state index in [1.165, 1.54) is 11.1 Å². The van der Waals surface area contributed by atoms with Crippen LogP contribution in [-0.4, -0.2) is 50.3 Å². The van der Waals surface area contributed by atoms with Crippen LogP contribution < -0.4 is 4.74 Å². The second-order valence-corrected chi connectivity index (χ2v) is 8.61. The zero-order chi connectivity index (χ0) is 20.1. The minimum absolute atomic E-state index is 0.0801. The van der Waals surface area contributed by atoms with Crippen molar-refractivity contribution in [3.05, 3.63) is 53.6 Å². The van der Waals surface area contributed by atoms with E-state index >= 15 is 0 Å². The van der Waals surface area contributed by atoms with E-state index < -0.39 is 6.10 Å². The number of rotatable bonds is 3. The highest BCUT2D eigenvalue weighted by Crippen LogP contribution is 2.40. The van der Waals surface area contributed by atoms with Crippen LogP contribution >= 0.6 is 0 Å². The summed E-state index contributed by atoms with van der Waals surface area (Å²) >= 11 is 0. The molecule has 0 saturated heterocycles. The summed E-state index contributed by atoms with van der Waals surface area (Å²) in [6.07, 6.45) is 4.71. The fraction of sp³-hybridized carbons (Fsp3) is 0.478. The third-order valence-corrected chi connectivity index (χ3v) is 6.76. The van der Waals surface area contributed by atoms with Gasteiger partial charge >= 0.3 is 0 Å². The van der Waals surface area contributed by atoms with Crippen molar-refractivity contribution in [3.63, 3.8) is 0 Å². The first-order valence-electron chi connectivity index (χ1n) is 10.4. The molecule has 5 rings (SSSR count). The Morgan fingerprint density at radius 1 is 1.21 bits per heavy atom. The summed E-state index contributed by atoms with van der Waals surface area (Å²) in [7, 11) is 2.15. The number of likely N-dealkylation sites (N-methyl/N-ethyl adjacent to an activating group) is 1. The molecule has 3 aromatic rings. The quantitative estimate of drug-likeness (QED) is 0.742. The second kappa shape index (κ2) is 7.11. The summed E-state index contributed by atoms with van der Waals surface area (Å²) in [4.78, 5) is 11.1. The van der Waals surface area contributed by atoms with E-state index in [2.05, 4.69) is 63.9 Å². The molecule has 2 aromatic heterocycles. The molecule has 1 aromatic carbocycles. The summed E-state index contributed by atoms with van der Waals surface area (Å²) < 4.78 is 8.63. The Balaban J connectivity index is 1.42. The Morgan fingerprint density at radius 3 is 2.93 bits per heavy atom. The Hall–Kier alpha value is -2.44. The summed E-state index contributed by atoms with van der Waals surface area (Å²) in [5.74, 6) is 1.01. The lowest BCUT2D eigenvalue weighted by molar-refractivity contribution is 0.0371. The number of aliphatic hydroxyl groups excluding tert-OH is 1. The highest BCUT2D eigenvalue weighted by atomic mass is 16.5. The van der Waals surface area contributed by atoms with E-state index in [1.807, 2.05) is 6.92 Å². The number of nitrogens with zero attached hydrogens (tertiary/aromatic N) is 4. The van der Waals surface area contributed by atoms with Crippen LogP contribution in [0.15, 0.2) is 36.8 Å². The molecule has 2 unspecified atom stereocenters. The Morgan fingerprint density at radius 2 is 2.07 bits per heavy atom. The number of ether oxygens (including phenoxy) is 1. The topological polar surface area (TPSA) is 63.4 Å². The monoisotopic (exact) mass is 392 g/mol. The number of fused-ring (bicyclic) bond motifs is 2. The third kappa shape index (κ3) is 3.11. The fourth-order valence-electron chi connectivity index (χ4n) is 5.00. The minimum Gasteiger partial charge on any atom is -0.487 e. The molecule has 1 fully saturated rings. The predicted molar refractivity (Wildman–Crippen MR) is 112 cm³/mol. The maximum Gasteiger partial charge on any atom is 0.143 e. The van der Waals surface area contributed by atoms with Crippen molar-refractivity contribution >= 4 is 11.0 Å². The van der Waals surface area contributed by atoms with Crippen molar-refractivity contribution in [1.82, 2.24) is 19.4 Å². The lowest BCUT2D eigenvalue weighted by Gasteiger charge is -2.28. The first kappa shape index (κ1) is 18.6. The van der Waals surface area contributed by atoms with Gasteiger partial charge in [0.25, 0.3) is 0 Å². The first-order chi connectivity index (χ1) is 14.0. The highest BCUT2D eigenvalue weighted by molar-refractivity contribution is 5.78. The number of benzene rings is 1. The molecule has 1 aliphatic carbocycles. The average molecular weight is 393 g/mol. The Kier molecular flexibility index (Phi) is 4.56. The van der Waals surface area contributed by atoms with E-state index in [1.54, 1.807) is 6.33 Å². The number of aryl methyl sites for hydroxylation is 1. The molecule has 4 atom stereocenters. The molecule has 1 saturated carbocycles. The van der Waals surface area contributed by atoms with Gasteiger partial charge in [0.2, 0.25) is 0 Å². The van der Waals surface area contributed by atoms with Crippen molar-refractivity contribution in [2.24, 2.45) is 5.92 Å². The van der Waals surface area contributed by atoms with Gasteiger partial charge in [-0.25, -0.2) is 9.97 Å². The summed E-state index contributed by atoms with van der Waals surface area (Å²) in [5, 5.41) is 12.1. The molecule has 1 N–H and O–H groups in total. The van der Waals surface area contributed by atoms with Crippen LogP contribution in [0.5, 0.6) is 5.75 Å². The SMILES string of the molecule is Cc1ncnc2c1ccn2C1CC(Oc2cccc3c2CCN(C)C3)[C@@H](O)[C@H]1C. The number of aromatic nitrogens is 3. The lowest BCUT2D eigenvalue weighted by atomic mass is 9.99. The minimum atomic E-state index is -0.512. The zero-order valence-electron chi connectivity index (χ0n) is 17.2. The van der Waals surface area contributed by atoms with Crippen LogP contribution in [0.3, 0.4) is 0 Å². The number of aliphatic hydroxyl groups is 1. The maximum atomic E-state index is 11.0. The van der Waals surface area contributed by atoms with Crippen LogP contribution in [0, 0.1) is 12.8 Å². The van der Waals surface area contributed by atoms with Gasteiger partial charge in [-0.05, 0) is 43.7 Å². The van der Waals surface area contributed by atoms with Crippen LogP contribution in [-0.2, 0) is 13.0 Å². The molecular formula is C23H28N4O2. The Labute approximate surface area is 171 Å². The number of hydrogen-bond donors (Lipinski definition) is 1. The van der Waals surface area contributed by atoms with Gasteiger partial charge in [0.05, 0.1) is 11.8 Å². The van der Waals surface area contributed by atoms with Gasteiger partial charge < -0.3 is 19.3 Å². The van der Waals surface area contributed by atoms with E-state index in [4.69, 9.17) is 4.74 Å². The van der Waals surface area contributed by atoms with Crippen LogP contribution in [0.2, 0.25) is 0 Å². The Bertz CT molecular complexity index is 1050. The van der Waals surface area contributed by atoms with E-state index in [0.29, 0.717) is 0 Å². The van der Waals surface area contributed by atoms with Crippen molar-refractivity contribution in [2.45, 2.75) is 51.5 Å². The van der Waals surface area contributed by atoms with Crippen molar-refractivity contribution < 1.29 is 9.84 Å². The molecular weight excluding hydrogens is 364 g/mol. The molecule has 0 radical (unpaired) electrons. The van der Waals surface area contributed by atoms with Crippen LogP contribution in [0.25, 0.3) is 11.0 Å². The molecule has 6 nitrogen and oxygen atoms in total. The van der Waals surface area contributed by atoms with Gasteiger partial charge in [-0.15, -0.1) is 0 Å². The summed E-state index contributed by atoms with van der Waals surface area (Å²) in [6, 6.07) is 8.52. The standard InChI is InChI=1S/C23H28N4O2/c1-14-19(27-10-8-17-15(2)24-13-25-23(17)27)11-21(22(14)28)29-20-6-4-5-16-12-26(3)9-7-18(16)20/h4-6,8,10,13-14,19,21-22,28H,7,9,11-12H2,1-3H3/t14-,19?,21?,22-/m0/s1. The molecule has 1 aliphatic heterocycles. The molecule has 29 heavy (non-hydrogen) atoms. The first-order valence-corrected chi connectivity index (χ1v) is 10.4. The van der Waals surface area contributed by atoms with Crippen molar-refractivity contribution in [3.8, 4) is 5.75 Å². The maximum absolute atomic E-state index is 11.0. The molecule has 0 amide bonds. The number of hydrogen-bond acceptors (Lipinski definition) is 5. The van der Waals surface area contributed by atoms with Gasteiger partial charge in [-0.1, -0.05) is 19.1 Å². The molecule has 0 bridgehead atoms. The zero-order valence-corrected chi connectivity index (χ0v) is 17.2. The third-order valence-electron chi connectivity index (χ3n) is 6.76. The summed E-state index contributed by atoms with van der Waals surface area (Å²) in [6.45, 7) is 6.10. The molecule has 0 spiro atoms. The van der Waals surface area contributed by atoms with Crippen LogP contribution in [0.1, 0.15) is 36.2 Å². The van der Waals surface area contributed by atoms with E-state index in [9.17, 15) is 5.11 Å². The van der Waals surface area contributed by atoms with Crippen LogP contribution in [0.4, 0.5) is 0 Å². The normalized spacial score (nSPS) is 27.3. The smallest absolute Gasteiger partial charge is 0.143 e. The largest absolute Gasteiger partial charge is 0.487 e. The van der Waals surface area contributed by atoms with E-state index in [0.717, 1.165) is 48.4 Å².